The van der Waals surface area contributed by atoms with Crippen molar-refractivity contribution in [2.45, 2.75) is 20.3 Å². The topological polar surface area (TPSA) is 87.6 Å². The molecule has 1 aromatic rings. The molecule has 0 aliphatic rings. The normalized spacial score (nSPS) is 11.9. The highest BCUT2D eigenvalue weighted by atomic mass is 16.4. The summed E-state index contributed by atoms with van der Waals surface area (Å²) in [5.41, 5.74) is 5.77. The van der Waals surface area contributed by atoms with Crippen LogP contribution < -0.4 is 10.6 Å². The van der Waals surface area contributed by atoms with Gasteiger partial charge in [-0.15, -0.1) is 0 Å². The molecule has 0 spiro atoms. The lowest BCUT2D eigenvalue weighted by molar-refractivity contribution is 0.318. The number of rotatable bonds is 5. The van der Waals surface area contributed by atoms with Gasteiger partial charge in [0, 0.05) is 13.6 Å². The Labute approximate surface area is 101 Å². The molecule has 94 valence electrons. The molecule has 0 aromatic carbocycles. The predicted octanol–water partition coefficient (Wildman–Crippen LogP) is 1.05. The minimum atomic E-state index is -0.0334. The molecular weight excluding hydrogens is 218 g/mol. The van der Waals surface area contributed by atoms with Crippen molar-refractivity contribution < 1.29 is 5.21 Å². The van der Waals surface area contributed by atoms with Crippen LogP contribution in [0.1, 0.15) is 26.0 Å². The summed E-state index contributed by atoms with van der Waals surface area (Å²) in [6.45, 7) is 5.29. The van der Waals surface area contributed by atoms with E-state index in [0.29, 0.717) is 11.6 Å². The van der Waals surface area contributed by atoms with E-state index in [1.165, 1.54) is 6.20 Å². The summed E-state index contributed by atoms with van der Waals surface area (Å²) in [5.74, 6) is 1.40. The molecule has 3 N–H and O–H groups in total. The van der Waals surface area contributed by atoms with E-state index in [0.717, 1.165) is 18.8 Å². The first kappa shape index (κ1) is 13.2. The maximum Gasteiger partial charge on any atom is 0.190 e. The summed E-state index contributed by atoms with van der Waals surface area (Å²) in [4.78, 5) is 10.3. The second-order valence-electron chi connectivity index (χ2n) is 4.35. The Morgan fingerprint density at radius 3 is 2.65 bits per heavy atom. The van der Waals surface area contributed by atoms with E-state index in [1.54, 1.807) is 6.20 Å². The minimum absolute atomic E-state index is 0.0334. The molecular formula is C11H19N5O. The molecule has 6 heteroatoms. The Balaban J connectivity index is 2.67. The van der Waals surface area contributed by atoms with Crippen LogP contribution in [0.2, 0.25) is 0 Å². The zero-order valence-corrected chi connectivity index (χ0v) is 10.5. The zero-order chi connectivity index (χ0) is 12.8. The number of oxime groups is 1. The van der Waals surface area contributed by atoms with Crippen LogP contribution in [-0.4, -0.2) is 34.6 Å². The Kier molecular flexibility index (Phi) is 4.68. The Morgan fingerprint density at radius 1 is 1.47 bits per heavy atom. The molecule has 17 heavy (non-hydrogen) atoms. The lowest BCUT2D eigenvalue weighted by atomic mass is 10.1. The van der Waals surface area contributed by atoms with E-state index in [1.807, 2.05) is 11.9 Å². The molecule has 0 amide bonds. The fourth-order valence-corrected chi connectivity index (χ4v) is 1.27. The fourth-order valence-electron chi connectivity index (χ4n) is 1.27. The number of hydrogen-bond acceptors (Lipinski definition) is 5. The van der Waals surface area contributed by atoms with Gasteiger partial charge in [-0.05, 0) is 12.3 Å². The van der Waals surface area contributed by atoms with Gasteiger partial charge in [-0.2, -0.15) is 0 Å². The maximum absolute atomic E-state index is 8.50. The van der Waals surface area contributed by atoms with E-state index < -0.39 is 0 Å². The van der Waals surface area contributed by atoms with Crippen LogP contribution in [0.3, 0.4) is 0 Å². The van der Waals surface area contributed by atoms with Crippen LogP contribution in [0.15, 0.2) is 17.5 Å². The molecule has 1 rings (SSSR count). The molecule has 0 aliphatic carbocycles. The molecule has 6 nitrogen and oxygen atoms in total. The summed E-state index contributed by atoms with van der Waals surface area (Å²) in [6, 6.07) is 0. The average Bonchev–Trinajstić information content (AvgIpc) is 2.35. The predicted molar refractivity (Wildman–Crippen MR) is 67.3 cm³/mol. The summed E-state index contributed by atoms with van der Waals surface area (Å²) in [5, 5.41) is 11.4. The number of hydrogen-bond donors (Lipinski definition) is 2. The van der Waals surface area contributed by atoms with Crippen LogP contribution in [0.25, 0.3) is 0 Å². The molecule has 0 fully saturated rings. The Bertz CT molecular complexity index is 374. The van der Waals surface area contributed by atoms with Crippen LogP contribution in [-0.2, 0) is 0 Å². The third-order valence-electron chi connectivity index (χ3n) is 2.44. The van der Waals surface area contributed by atoms with E-state index in [2.05, 4.69) is 29.0 Å². The van der Waals surface area contributed by atoms with Crippen molar-refractivity contribution in [3.05, 3.63) is 18.1 Å². The van der Waals surface area contributed by atoms with Crippen molar-refractivity contribution in [3.8, 4) is 0 Å². The summed E-state index contributed by atoms with van der Waals surface area (Å²) in [7, 11) is 1.97. The highest BCUT2D eigenvalue weighted by molar-refractivity contribution is 5.94. The zero-order valence-electron chi connectivity index (χ0n) is 10.5. The smallest absolute Gasteiger partial charge is 0.190 e. The van der Waals surface area contributed by atoms with Crippen LogP contribution >= 0.6 is 0 Å². The lowest BCUT2D eigenvalue weighted by Crippen LogP contribution is -2.22. The molecule has 1 aromatic heterocycles. The molecule has 0 bridgehead atoms. The lowest BCUT2D eigenvalue weighted by Gasteiger charge is -2.18. The van der Waals surface area contributed by atoms with Gasteiger partial charge in [0.05, 0.1) is 12.4 Å². The van der Waals surface area contributed by atoms with Gasteiger partial charge >= 0.3 is 0 Å². The van der Waals surface area contributed by atoms with E-state index in [4.69, 9.17) is 10.9 Å². The SMILES string of the molecule is CC(C)CCN(C)c1cnc(C(N)=NO)cn1. The number of nitrogens with two attached hydrogens (primary N) is 1. The first-order valence-electron chi connectivity index (χ1n) is 5.55. The van der Waals surface area contributed by atoms with Crippen molar-refractivity contribution in [1.82, 2.24) is 9.97 Å². The van der Waals surface area contributed by atoms with Gasteiger partial charge in [-0.25, -0.2) is 9.97 Å². The van der Waals surface area contributed by atoms with E-state index >= 15 is 0 Å². The van der Waals surface area contributed by atoms with Crippen LogP contribution in [0.5, 0.6) is 0 Å². The Hall–Kier alpha value is -1.85. The summed E-state index contributed by atoms with van der Waals surface area (Å²) in [6.07, 6.45) is 4.21. The third-order valence-corrected chi connectivity index (χ3v) is 2.44. The monoisotopic (exact) mass is 237 g/mol. The number of nitrogens with zero attached hydrogens (tertiary/aromatic N) is 4. The van der Waals surface area contributed by atoms with Crippen molar-refractivity contribution in [2.75, 3.05) is 18.5 Å². The first-order chi connectivity index (χ1) is 8.04. The van der Waals surface area contributed by atoms with Crippen molar-refractivity contribution in [2.24, 2.45) is 16.8 Å². The van der Waals surface area contributed by atoms with Gasteiger partial charge < -0.3 is 15.8 Å². The highest BCUT2D eigenvalue weighted by Gasteiger charge is 2.06. The van der Waals surface area contributed by atoms with Crippen LogP contribution in [0, 0.1) is 5.92 Å². The van der Waals surface area contributed by atoms with Gasteiger partial charge in [0.1, 0.15) is 11.5 Å². The van der Waals surface area contributed by atoms with E-state index in [-0.39, 0.29) is 5.84 Å². The first-order valence-corrected chi connectivity index (χ1v) is 5.55. The molecule has 0 aliphatic heterocycles. The molecule has 0 radical (unpaired) electrons. The largest absolute Gasteiger partial charge is 0.409 e. The Morgan fingerprint density at radius 2 is 2.18 bits per heavy atom. The summed E-state index contributed by atoms with van der Waals surface area (Å²) >= 11 is 0. The van der Waals surface area contributed by atoms with Gasteiger partial charge in [0.2, 0.25) is 0 Å². The number of aromatic nitrogens is 2. The maximum atomic E-state index is 8.50. The van der Waals surface area contributed by atoms with Gasteiger partial charge in [0.25, 0.3) is 0 Å². The standard InChI is InChI=1S/C11H19N5O/c1-8(2)4-5-16(3)10-7-13-9(6-14-10)11(12)15-17/h6-8,17H,4-5H2,1-3H3,(H2,12,15). The second-order valence-corrected chi connectivity index (χ2v) is 4.35. The highest BCUT2D eigenvalue weighted by Crippen LogP contribution is 2.09. The van der Waals surface area contributed by atoms with Crippen molar-refractivity contribution >= 4 is 11.7 Å². The number of amidine groups is 1. The van der Waals surface area contributed by atoms with Crippen LogP contribution in [0.4, 0.5) is 5.82 Å². The molecule has 0 atom stereocenters. The second kappa shape index (κ2) is 6.03. The number of anilines is 1. The summed E-state index contributed by atoms with van der Waals surface area (Å²) < 4.78 is 0. The molecule has 0 saturated carbocycles. The third kappa shape index (κ3) is 3.90. The van der Waals surface area contributed by atoms with Gasteiger partial charge in [-0.1, -0.05) is 19.0 Å². The van der Waals surface area contributed by atoms with Crippen molar-refractivity contribution in [3.63, 3.8) is 0 Å². The molecule has 1 heterocycles. The average molecular weight is 237 g/mol. The quantitative estimate of drug-likeness (QED) is 0.346. The van der Waals surface area contributed by atoms with Crippen molar-refractivity contribution in [1.29, 1.82) is 0 Å². The minimum Gasteiger partial charge on any atom is -0.409 e. The molecule has 0 saturated heterocycles. The van der Waals surface area contributed by atoms with E-state index in [9.17, 15) is 0 Å². The van der Waals surface area contributed by atoms with Gasteiger partial charge in [0.15, 0.2) is 5.84 Å². The fraction of sp³-hybridized carbons (Fsp3) is 0.545. The molecule has 0 unspecified atom stereocenters. The van der Waals surface area contributed by atoms with Gasteiger partial charge in [-0.3, -0.25) is 0 Å².